The zero-order valence-electron chi connectivity index (χ0n) is 11.3. The minimum Gasteiger partial charge on any atom is -0.462 e. The molecule has 0 bridgehead atoms. The molecule has 106 valence electrons. The molecule has 0 amide bonds. The molecule has 0 atom stereocenters. The first kappa shape index (κ1) is 15.4. The zero-order chi connectivity index (χ0) is 13.3. The number of ether oxygens (including phenoxy) is 3. The van der Waals surface area contributed by atoms with Crippen LogP contribution in [-0.2, 0) is 19.0 Å². The molecule has 1 rings (SSSR count). The summed E-state index contributed by atoms with van der Waals surface area (Å²) < 4.78 is 15.4. The highest BCUT2D eigenvalue weighted by atomic mass is 16.6. The van der Waals surface area contributed by atoms with Gasteiger partial charge < -0.3 is 19.9 Å². The van der Waals surface area contributed by atoms with Gasteiger partial charge in [0.15, 0.2) is 0 Å². The summed E-state index contributed by atoms with van der Waals surface area (Å²) in [7, 11) is 1.66. The Bertz CT molecular complexity index is 239. The molecule has 2 N–H and O–H groups in total. The van der Waals surface area contributed by atoms with E-state index in [1.165, 1.54) is 0 Å². The lowest BCUT2D eigenvalue weighted by Gasteiger charge is -2.30. The van der Waals surface area contributed by atoms with Gasteiger partial charge in [0.25, 0.3) is 0 Å². The van der Waals surface area contributed by atoms with E-state index in [0.717, 1.165) is 38.5 Å². The van der Waals surface area contributed by atoms with Crippen LogP contribution in [0.4, 0.5) is 0 Å². The van der Waals surface area contributed by atoms with Crippen LogP contribution < -0.4 is 5.73 Å². The van der Waals surface area contributed by atoms with Crippen LogP contribution in [-0.4, -0.2) is 45.0 Å². The standard InChI is InChI=1S/C13H25NO4/c1-16-8-5-9-17-10-11-18-12(15)13(14)6-3-2-4-7-13/h2-11,14H2,1H3. The molecule has 0 aromatic carbocycles. The van der Waals surface area contributed by atoms with Crippen LogP contribution in [0.2, 0.25) is 0 Å². The average molecular weight is 259 g/mol. The zero-order valence-corrected chi connectivity index (χ0v) is 11.3. The van der Waals surface area contributed by atoms with Gasteiger partial charge in [-0.2, -0.15) is 0 Å². The molecule has 1 aliphatic carbocycles. The fourth-order valence-electron chi connectivity index (χ4n) is 2.13. The van der Waals surface area contributed by atoms with Gasteiger partial charge in [0, 0.05) is 20.3 Å². The number of hydrogen-bond acceptors (Lipinski definition) is 5. The first-order valence-electron chi connectivity index (χ1n) is 6.72. The summed E-state index contributed by atoms with van der Waals surface area (Å²) in [5, 5.41) is 0. The van der Waals surface area contributed by atoms with Crippen molar-refractivity contribution in [1.82, 2.24) is 0 Å². The molecule has 5 nitrogen and oxygen atoms in total. The predicted octanol–water partition coefficient (Wildman–Crippen LogP) is 1.24. The third-order valence-corrected chi connectivity index (χ3v) is 3.25. The fraction of sp³-hybridized carbons (Fsp3) is 0.923. The molecule has 0 aromatic heterocycles. The lowest BCUT2D eigenvalue weighted by molar-refractivity contribution is -0.153. The first-order chi connectivity index (χ1) is 8.69. The number of carbonyl (C=O) groups excluding carboxylic acids is 1. The van der Waals surface area contributed by atoms with Crippen LogP contribution in [0.1, 0.15) is 38.5 Å². The Balaban J connectivity index is 2.05. The Morgan fingerprint density at radius 1 is 1.11 bits per heavy atom. The molecule has 0 heterocycles. The summed E-state index contributed by atoms with van der Waals surface area (Å²) >= 11 is 0. The Morgan fingerprint density at radius 2 is 1.83 bits per heavy atom. The Hall–Kier alpha value is -0.650. The highest BCUT2D eigenvalue weighted by molar-refractivity contribution is 5.80. The van der Waals surface area contributed by atoms with Crippen molar-refractivity contribution in [2.75, 3.05) is 33.5 Å². The van der Waals surface area contributed by atoms with Crippen LogP contribution in [0.3, 0.4) is 0 Å². The van der Waals surface area contributed by atoms with Crippen LogP contribution in [0.25, 0.3) is 0 Å². The molecule has 0 radical (unpaired) electrons. The SMILES string of the molecule is COCCCOCCOC(=O)C1(N)CCCCC1. The van der Waals surface area contributed by atoms with Crippen molar-refractivity contribution in [3.05, 3.63) is 0 Å². The third kappa shape index (κ3) is 5.33. The van der Waals surface area contributed by atoms with Crippen molar-refractivity contribution < 1.29 is 19.0 Å². The summed E-state index contributed by atoms with van der Waals surface area (Å²) in [5.74, 6) is -0.275. The molecule has 0 aliphatic heterocycles. The van der Waals surface area contributed by atoms with E-state index in [-0.39, 0.29) is 12.6 Å². The topological polar surface area (TPSA) is 70.8 Å². The van der Waals surface area contributed by atoms with E-state index in [0.29, 0.717) is 19.8 Å². The second-order valence-corrected chi connectivity index (χ2v) is 4.81. The predicted molar refractivity (Wildman–Crippen MR) is 68.3 cm³/mol. The van der Waals surface area contributed by atoms with E-state index in [1.54, 1.807) is 7.11 Å². The van der Waals surface area contributed by atoms with Crippen LogP contribution in [0.15, 0.2) is 0 Å². The van der Waals surface area contributed by atoms with Crippen LogP contribution >= 0.6 is 0 Å². The van der Waals surface area contributed by atoms with Crippen molar-refractivity contribution in [2.45, 2.75) is 44.1 Å². The van der Waals surface area contributed by atoms with Gasteiger partial charge in [-0.25, -0.2) is 0 Å². The van der Waals surface area contributed by atoms with E-state index in [9.17, 15) is 4.79 Å². The van der Waals surface area contributed by atoms with E-state index in [1.807, 2.05) is 0 Å². The summed E-state index contributed by atoms with van der Waals surface area (Å²) in [6.07, 6.45) is 5.51. The summed E-state index contributed by atoms with van der Waals surface area (Å²) in [4.78, 5) is 11.8. The smallest absolute Gasteiger partial charge is 0.326 e. The molecule has 0 unspecified atom stereocenters. The van der Waals surface area contributed by atoms with Crippen molar-refractivity contribution in [1.29, 1.82) is 0 Å². The second-order valence-electron chi connectivity index (χ2n) is 4.81. The molecule has 0 spiro atoms. The van der Waals surface area contributed by atoms with Crippen molar-refractivity contribution >= 4 is 5.97 Å². The minimum absolute atomic E-state index is 0.275. The number of carbonyl (C=O) groups is 1. The largest absolute Gasteiger partial charge is 0.462 e. The van der Waals surface area contributed by atoms with Crippen LogP contribution in [0, 0.1) is 0 Å². The molecular weight excluding hydrogens is 234 g/mol. The number of rotatable bonds is 8. The summed E-state index contributed by atoms with van der Waals surface area (Å²) in [6, 6.07) is 0. The van der Waals surface area contributed by atoms with E-state index < -0.39 is 5.54 Å². The van der Waals surface area contributed by atoms with Gasteiger partial charge in [-0.1, -0.05) is 19.3 Å². The van der Waals surface area contributed by atoms with Crippen molar-refractivity contribution in [3.63, 3.8) is 0 Å². The van der Waals surface area contributed by atoms with Gasteiger partial charge >= 0.3 is 5.97 Å². The number of nitrogens with two attached hydrogens (primary N) is 1. The second kappa shape index (κ2) is 8.45. The first-order valence-corrected chi connectivity index (χ1v) is 6.72. The summed E-state index contributed by atoms with van der Waals surface area (Å²) in [5.41, 5.74) is 5.30. The highest BCUT2D eigenvalue weighted by Gasteiger charge is 2.36. The Kier molecular flexibility index (Phi) is 7.23. The lowest BCUT2D eigenvalue weighted by Crippen LogP contribution is -2.50. The van der Waals surface area contributed by atoms with Gasteiger partial charge in [0.2, 0.25) is 0 Å². The van der Waals surface area contributed by atoms with Gasteiger partial charge in [-0.05, 0) is 19.3 Å². The molecule has 1 fully saturated rings. The molecule has 1 aliphatic rings. The molecule has 5 heteroatoms. The maximum atomic E-state index is 11.8. The van der Waals surface area contributed by atoms with E-state index >= 15 is 0 Å². The number of methoxy groups -OCH3 is 1. The average Bonchev–Trinajstić information content (AvgIpc) is 2.38. The number of hydrogen-bond donors (Lipinski definition) is 1. The lowest BCUT2D eigenvalue weighted by atomic mass is 9.83. The summed E-state index contributed by atoms with van der Waals surface area (Å²) in [6.45, 7) is 2.02. The Morgan fingerprint density at radius 3 is 2.50 bits per heavy atom. The van der Waals surface area contributed by atoms with Crippen LogP contribution in [0.5, 0.6) is 0 Å². The van der Waals surface area contributed by atoms with Gasteiger partial charge in [0.1, 0.15) is 12.1 Å². The third-order valence-electron chi connectivity index (χ3n) is 3.25. The maximum absolute atomic E-state index is 11.8. The quantitative estimate of drug-likeness (QED) is 0.524. The molecule has 0 saturated heterocycles. The molecule has 18 heavy (non-hydrogen) atoms. The molecule has 1 saturated carbocycles. The van der Waals surface area contributed by atoms with Gasteiger partial charge in [-0.3, -0.25) is 4.79 Å². The van der Waals surface area contributed by atoms with Gasteiger partial charge in [0.05, 0.1) is 6.61 Å². The van der Waals surface area contributed by atoms with E-state index in [2.05, 4.69) is 0 Å². The number of esters is 1. The molecular formula is C13H25NO4. The normalized spacial score (nSPS) is 18.6. The maximum Gasteiger partial charge on any atom is 0.326 e. The van der Waals surface area contributed by atoms with Crippen molar-refractivity contribution in [2.24, 2.45) is 5.73 Å². The van der Waals surface area contributed by atoms with E-state index in [4.69, 9.17) is 19.9 Å². The highest BCUT2D eigenvalue weighted by Crippen LogP contribution is 2.26. The Labute approximate surface area is 109 Å². The minimum atomic E-state index is -0.756. The monoisotopic (exact) mass is 259 g/mol. The van der Waals surface area contributed by atoms with Gasteiger partial charge in [-0.15, -0.1) is 0 Å². The van der Waals surface area contributed by atoms with Crippen molar-refractivity contribution in [3.8, 4) is 0 Å². The molecule has 0 aromatic rings. The fourth-order valence-corrected chi connectivity index (χ4v) is 2.13.